The van der Waals surface area contributed by atoms with Crippen molar-refractivity contribution < 1.29 is 14.1 Å². The van der Waals surface area contributed by atoms with E-state index in [0.717, 1.165) is 45.0 Å². The number of hydrogen-bond acceptors (Lipinski definition) is 6. The highest BCUT2D eigenvalue weighted by atomic mass is 19.1. The lowest BCUT2D eigenvalue weighted by Crippen LogP contribution is -2.53. The van der Waals surface area contributed by atoms with Crippen LogP contribution in [-0.4, -0.2) is 84.4 Å². The first-order valence-electron chi connectivity index (χ1n) is 10.9. The molecule has 2 aromatic rings. The summed E-state index contributed by atoms with van der Waals surface area (Å²) in [4.78, 5) is 31.6. The number of nitro groups is 1. The lowest BCUT2D eigenvalue weighted by atomic mass is 10.2. The molecule has 2 heterocycles. The summed E-state index contributed by atoms with van der Waals surface area (Å²) < 4.78 is 13.9. The van der Waals surface area contributed by atoms with Crippen LogP contribution >= 0.6 is 0 Å². The largest absolute Gasteiger partial charge is 0.369 e. The minimum Gasteiger partial charge on any atom is -0.369 e. The Bertz CT molecular complexity index is 939. The standard InChI is InChI=1S/C23H28FN5O3/c24-22-4-2-1-3-19(22)17-25-11-15-28(16-12-25)23(30)18-26-9-13-27(14-10-26)20-5-7-21(8-6-20)29(31)32/h1-8H,9-18H2. The molecule has 9 heteroatoms. The van der Waals surface area contributed by atoms with Crippen LogP contribution in [0.2, 0.25) is 0 Å². The summed E-state index contributed by atoms with van der Waals surface area (Å²) in [6, 6.07) is 13.4. The number of piperazine rings is 2. The van der Waals surface area contributed by atoms with Crippen LogP contribution in [0, 0.1) is 15.9 Å². The molecule has 2 saturated heterocycles. The summed E-state index contributed by atoms with van der Waals surface area (Å²) in [7, 11) is 0. The Labute approximate surface area is 187 Å². The quantitative estimate of drug-likeness (QED) is 0.506. The van der Waals surface area contributed by atoms with Crippen molar-refractivity contribution >= 4 is 17.3 Å². The van der Waals surface area contributed by atoms with Crippen LogP contribution in [0.3, 0.4) is 0 Å². The lowest BCUT2D eigenvalue weighted by molar-refractivity contribution is -0.384. The van der Waals surface area contributed by atoms with E-state index < -0.39 is 4.92 Å². The average Bonchev–Trinajstić information content (AvgIpc) is 2.81. The van der Waals surface area contributed by atoms with Crippen LogP contribution in [0.4, 0.5) is 15.8 Å². The minimum atomic E-state index is -0.396. The Kier molecular flexibility index (Phi) is 6.96. The van der Waals surface area contributed by atoms with E-state index in [2.05, 4.69) is 14.7 Å². The number of benzene rings is 2. The van der Waals surface area contributed by atoms with Gasteiger partial charge in [-0.15, -0.1) is 0 Å². The van der Waals surface area contributed by atoms with Gasteiger partial charge in [0.05, 0.1) is 11.5 Å². The van der Waals surface area contributed by atoms with Crippen molar-refractivity contribution in [2.24, 2.45) is 0 Å². The van der Waals surface area contributed by atoms with Gasteiger partial charge in [-0.25, -0.2) is 4.39 Å². The number of carbonyl (C=O) groups excluding carboxylic acids is 1. The van der Waals surface area contributed by atoms with E-state index in [-0.39, 0.29) is 17.4 Å². The van der Waals surface area contributed by atoms with E-state index >= 15 is 0 Å². The smallest absolute Gasteiger partial charge is 0.269 e. The monoisotopic (exact) mass is 441 g/mol. The zero-order chi connectivity index (χ0) is 22.5. The van der Waals surface area contributed by atoms with Crippen LogP contribution in [0.1, 0.15) is 5.56 Å². The molecule has 0 atom stereocenters. The maximum atomic E-state index is 13.9. The molecular weight excluding hydrogens is 413 g/mol. The molecule has 0 spiro atoms. The number of non-ortho nitro benzene ring substituents is 1. The Morgan fingerprint density at radius 2 is 1.50 bits per heavy atom. The van der Waals surface area contributed by atoms with E-state index in [4.69, 9.17) is 0 Å². The molecule has 170 valence electrons. The van der Waals surface area contributed by atoms with Crippen LogP contribution in [-0.2, 0) is 11.3 Å². The summed E-state index contributed by atoms with van der Waals surface area (Å²) in [6.45, 7) is 6.89. The highest BCUT2D eigenvalue weighted by molar-refractivity contribution is 5.78. The molecule has 0 aromatic heterocycles. The van der Waals surface area contributed by atoms with Crippen LogP contribution < -0.4 is 4.90 Å². The third-order valence-electron chi connectivity index (χ3n) is 6.23. The molecule has 2 aromatic carbocycles. The highest BCUT2D eigenvalue weighted by Gasteiger charge is 2.25. The van der Waals surface area contributed by atoms with Gasteiger partial charge in [-0.05, 0) is 18.2 Å². The number of carbonyl (C=O) groups is 1. The van der Waals surface area contributed by atoms with Gasteiger partial charge in [0.2, 0.25) is 5.91 Å². The molecule has 4 rings (SSSR count). The van der Waals surface area contributed by atoms with Crippen molar-refractivity contribution in [3.63, 3.8) is 0 Å². The summed E-state index contributed by atoms with van der Waals surface area (Å²) in [5.41, 5.74) is 1.75. The topological polar surface area (TPSA) is 73.2 Å². The second kappa shape index (κ2) is 10.1. The second-order valence-electron chi connectivity index (χ2n) is 8.29. The molecule has 1 amide bonds. The third-order valence-corrected chi connectivity index (χ3v) is 6.23. The first kappa shape index (κ1) is 22.2. The number of amides is 1. The lowest BCUT2D eigenvalue weighted by Gasteiger charge is -2.38. The molecular formula is C23H28FN5O3. The fourth-order valence-electron chi connectivity index (χ4n) is 4.26. The van der Waals surface area contributed by atoms with Gasteiger partial charge < -0.3 is 9.80 Å². The van der Waals surface area contributed by atoms with Crippen molar-refractivity contribution in [3.8, 4) is 0 Å². The van der Waals surface area contributed by atoms with Gasteiger partial charge >= 0.3 is 0 Å². The Morgan fingerprint density at radius 1 is 0.875 bits per heavy atom. The van der Waals surface area contributed by atoms with Crippen molar-refractivity contribution in [3.05, 3.63) is 70.0 Å². The number of anilines is 1. The maximum Gasteiger partial charge on any atom is 0.269 e. The van der Waals surface area contributed by atoms with E-state index in [1.807, 2.05) is 17.0 Å². The number of rotatable bonds is 6. The predicted molar refractivity (Wildman–Crippen MR) is 120 cm³/mol. The number of nitro benzene ring substituents is 1. The van der Waals surface area contributed by atoms with Gasteiger partial charge in [0.25, 0.3) is 5.69 Å². The van der Waals surface area contributed by atoms with E-state index in [9.17, 15) is 19.3 Å². The van der Waals surface area contributed by atoms with Crippen LogP contribution in [0.15, 0.2) is 48.5 Å². The first-order valence-corrected chi connectivity index (χ1v) is 10.9. The molecule has 8 nitrogen and oxygen atoms in total. The zero-order valence-corrected chi connectivity index (χ0v) is 18.0. The number of hydrogen-bond donors (Lipinski definition) is 0. The Balaban J connectivity index is 1.20. The van der Waals surface area contributed by atoms with Crippen molar-refractivity contribution in [2.45, 2.75) is 6.54 Å². The molecule has 0 N–H and O–H groups in total. The molecule has 2 aliphatic rings. The van der Waals surface area contributed by atoms with Crippen molar-refractivity contribution in [1.82, 2.24) is 14.7 Å². The molecule has 32 heavy (non-hydrogen) atoms. The van der Waals surface area contributed by atoms with Gasteiger partial charge in [0.15, 0.2) is 0 Å². The van der Waals surface area contributed by atoms with E-state index in [0.29, 0.717) is 31.7 Å². The van der Waals surface area contributed by atoms with Gasteiger partial charge in [-0.1, -0.05) is 18.2 Å². The Morgan fingerprint density at radius 3 is 2.12 bits per heavy atom. The fraction of sp³-hybridized carbons (Fsp3) is 0.435. The molecule has 2 fully saturated rings. The second-order valence-corrected chi connectivity index (χ2v) is 8.29. The van der Waals surface area contributed by atoms with Crippen molar-refractivity contribution in [2.75, 3.05) is 63.8 Å². The zero-order valence-electron chi connectivity index (χ0n) is 18.0. The first-order chi connectivity index (χ1) is 15.5. The summed E-state index contributed by atoms with van der Waals surface area (Å²) in [6.07, 6.45) is 0. The van der Waals surface area contributed by atoms with Gasteiger partial charge in [0, 0.05) is 82.3 Å². The highest BCUT2D eigenvalue weighted by Crippen LogP contribution is 2.21. The fourth-order valence-corrected chi connectivity index (χ4v) is 4.26. The molecule has 0 unspecified atom stereocenters. The average molecular weight is 442 g/mol. The number of nitrogens with zero attached hydrogens (tertiary/aromatic N) is 5. The van der Waals surface area contributed by atoms with Gasteiger partial charge in [-0.3, -0.25) is 24.7 Å². The molecule has 0 saturated carbocycles. The molecule has 0 radical (unpaired) electrons. The molecule has 0 bridgehead atoms. The van der Waals surface area contributed by atoms with Gasteiger partial charge in [0.1, 0.15) is 5.82 Å². The summed E-state index contributed by atoms with van der Waals surface area (Å²) in [5.74, 6) is -0.0433. The van der Waals surface area contributed by atoms with E-state index in [1.165, 1.54) is 18.2 Å². The van der Waals surface area contributed by atoms with Crippen LogP contribution in [0.25, 0.3) is 0 Å². The van der Waals surface area contributed by atoms with Crippen molar-refractivity contribution in [1.29, 1.82) is 0 Å². The predicted octanol–water partition coefficient (Wildman–Crippen LogP) is 2.20. The van der Waals surface area contributed by atoms with E-state index in [1.54, 1.807) is 18.2 Å². The maximum absolute atomic E-state index is 13.9. The summed E-state index contributed by atoms with van der Waals surface area (Å²) >= 11 is 0. The van der Waals surface area contributed by atoms with Crippen LogP contribution in [0.5, 0.6) is 0 Å². The normalized spacial score (nSPS) is 18.0. The SMILES string of the molecule is O=C(CN1CCN(c2ccc([N+](=O)[O-])cc2)CC1)N1CCN(Cc2ccccc2F)CC1. The third kappa shape index (κ3) is 5.41. The Hall–Kier alpha value is -3.04. The molecule has 0 aliphatic carbocycles. The minimum absolute atomic E-state index is 0.0898. The summed E-state index contributed by atoms with van der Waals surface area (Å²) in [5, 5.41) is 10.8. The molecule has 2 aliphatic heterocycles. The van der Waals surface area contributed by atoms with Gasteiger partial charge in [-0.2, -0.15) is 0 Å². The number of halogens is 1.